The molecule has 0 unspecified atom stereocenters. The van der Waals surface area contributed by atoms with Crippen LogP contribution in [0.4, 0.5) is 0 Å². The van der Waals surface area contributed by atoms with Gasteiger partial charge in [-0.2, -0.15) is 9.61 Å². The molecule has 0 aliphatic heterocycles. The van der Waals surface area contributed by atoms with Gasteiger partial charge in [-0.15, -0.1) is 10.2 Å². The number of ether oxygens (including phenoxy) is 1. The van der Waals surface area contributed by atoms with Gasteiger partial charge in [0.1, 0.15) is 23.7 Å². The van der Waals surface area contributed by atoms with Gasteiger partial charge >= 0.3 is 0 Å². The second-order valence-electron chi connectivity index (χ2n) is 7.15. The van der Waals surface area contributed by atoms with Gasteiger partial charge in [0, 0.05) is 17.7 Å². The van der Waals surface area contributed by atoms with Crippen LogP contribution in [0.2, 0.25) is 0 Å². The van der Waals surface area contributed by atoms with E-state index in [9.17, 15) is 4.79 Å². The minimum absolute atomic E-state index is 0.121. The molecule has 158 valence electrons. The summed E-state index contributed by atoms with van der Waals surface area (Å²) in [6.07, 6.45) is 1.59. The van der Waals surface area contributed by atoms with E-state index in [1.54, 1.807) is 16.9 Å². The van der Waals surface area contributed by atoms with Gasteiger partial charge < -0.3 is 10.1 Å². The van der Waals surface area contributed by atoms with Crippen LogP contribution in [0.1, 0.15) is 21.5 Å². The van der Waals surface area contributed by atoms with Gasteiger partial charge in [0.15, 0.2) is 0 Å². The fraction of sp³-hybridized carbons (Fsp3) is 0.0833. The molecule has 0 spiro atoms. The third kappa shape index (κ3) is 4.50. The molecule has 5 aromatic rings. The van der Waals surface area contributed by atoms with E-state index in [1.807, 2.05) is 72.8 Å². The fourth-order valence-corrected chi connectivity index (χ4v) is 4.04. The Morgan fingerprint density at radius 2 is 1.81 bits per heavy atom. The number of nitrogens with zero attached hydrogens (tertiary/aromatic N) is 4. The Hall–Kier alpha value is -4.04. The highest BCUT2D eigenvalue weighted by atomic mass is 32.1. The first-order valence-corrected chi connectivity index (χ1v) is 10.9. The second-order valence-corrected chi connectivity index (χ2v) is 8.10. The normalized spacial score (nSPS) is 10.9. The number of nitrogens with one attached hydrogen (secondary N) is 1. The number of amides is 1. The van der Waals surface area contributed by atoms with Gasteiger partial charge in [-0.05, 0) is 35.4 Å². The minimum Gasteiger partial charge on any atom is -0.489 e. The Balaban J connectivity index is 1.18. The Morgan fingerprint density at radius 3 is 2.62 bits per heavy atom. The topological polar surface area (TPSA) is 81.4 Å². The van der Waals surface area contributed by atoms with Crippen LogP contribution in [0, 0.1) is 0 Å². The maximum atomic E-state index is 12.6. The Morgan fingerprint density at radius 1 is 0.969 bits per heavy atom. The van der Waals surface area contributed by atoms with Crippen molar-refractivity contribution in [2.24, 2.45) is 0 Å². The van der Waals surface area contributed by atoms with Gasteiger partial charge in [0.25, 0.3) is 5.91 Å². The maximum absolute atomic E-state index is 12.6. The lowest BCUT2D eigenvalue weighted by atomic mass is 10.1. The quantitative estimate of drug-likeness (QED) is 0.406. The molecule has 0 atom stereocenters. The van der Waals surface area contributed by atoms with E-state index in [1.165, 1.54) is 11.3 Å². The summed E-state index contributed by atoms with van der Waals surface area (Å²) in [5.74, 6) is 0.679. The number of carbonyl (C=O) groups excluding carboxylic acids is 1. The number of hydrogen-bond donors (Lipinski definition) is 1. The SMILES string of the molecule is O=C(NCc1ccc(-c2nn3cnnc3s2)cc1)c1cccc(COc2ccccc2)c1. The van der Waals surface area contributed by atoms with Crippen molar-refractivity contribution in [3.63, 3.8) is 0 Å². The third-order valence-electron chi connectivity index (χ3n) is 4.88. The minimum atomic E-state index is -0.121. The van der Waals surface area contributed by atoms with E-state index >= 15 is 0 Å². The molecule has 0 fully saturated rings. The van der Waals surface area contributed by atoms with Crippen molar-refractivity contribution in [2.75, 3.05) is 0 Å². The van der Waals surface area contributed by atoms with Gasteiger partial charge in [0.2, 0.25) is 4.96 Å². The molecular formula is C24H19N5O2S. The van der Waals surface area contributed by atoms with Crippen molar-refractivity contribution < 1.29 is 9.53 Å². The molecule has 7 nitrogen and oxygen atoms in total. The van der Waals surface area contributed by atoms with Crippen molar-refractivity contribution in [1.29, 1.82) is 0 Å². The van der Waals surface area contributed by atoms with Crippen molar-refractivity contribution in [2.45, 2.75) is 13.2 Å². The van der Waals surface area contributed by atoms with Crippen LogP contribution >= 0.6 is 11.3 Å². The highest BCUT2D eigenvalue weighted by Gasteiger charge is 2.09. The molecular weight excluding hydrogens is 422 g/mol. The zero-order valence-electron chi connectivity index (χ0n) is 17.0. The van der Waals surface area contributed by atoms with E-state index in [0.717, 1.165) is 32.4 Å². The van der Waals surface area contributed by atoms with Crippen LogP contribution in [0.15, 0.2) is 85.2 Å². The van der Waals surface area contributed by atoms with Crippen LogP contribution in [0.25, 0.3) is 15.5 Å². The molecule has 1 amide bonds. The van der Waals surface area contributed by atoms with E-state index in [-0.39, 0.29) is 5.91 Å². The smallest absolute Gasteiger partial charge is 0.251 e. The summed E-state index contributed by atoms with van der Waals surface area (Å²) in [5.41, 5.74) is 3.56. The van der Waals surface area contributed by atoms with Crippen molar-refractivity contribution in [3.8, 4) is 16.3 Å². The van der Waals surface area contributed by atoms with Gasteiger partial charge in [-0.1, -0.05) is 65.9 Å². The van der Waals surface area contributed by atoms with Crippen LogP contribution in [-0.4, -0.2) is 25.7 Å². The molecule has 5 rings (SSSR count). The summed E-state index contributed by atoms with van der Waals surface area (Å²) in [4.78, 5) is 13.4. The number of carbonyl (C=O) groups is 1. The standard InChI is InChI=1S/C24H19N5O2S/c30-22(20-6-4-5-18(13-20)15-31-21-7-2-1-3-8-21)25-14-17-9-11-19(12-10-17)23-28-29-16-26-27-24(29)32-23/h1-13,16H,14-15H2,(H,25,30). The van der Waals surface area contributed by atoms with E-state index in [4.69, 9.17) is 4.74 Å². The van der Waals surface area contributed by atoms with Crippen molar-refractivity contribution in [1.82, 2.24) is 25.1 Å². The number of aromatic nitrogens is 4. The zero-order chi connectivity index (χ0) is 21.8. The average molecular weight is 442 g/mol. The lowest BCUT2D eigenvalue weighted by Gasteiger charge is -2.09. The highest BCUT2D eigenvalue weighted by molar-refractivity contribution is 7.19. The average Bonchev–Trinajstić information content (AvgIpc) is 3.45. The first kappa shape index (κ1) is 19.9. The van der Waals surface area contributed by atoms with E-state index < -0.39 is 0 Å². The number of benzene rings is 3. The Kier molecular flexibility index (Phi) is 5.59. The summed E-state index contributed by atoms with van der Waals surface area (Å²) in [7, 11) is 0. The second kappa shape index (κ2) is 8.99. The number of rotatable bonds is 7. The maximum Gasteiger partial charge on any atom is 0.251 e. The first-order valence-electron chi connectivity index (χ1n) is 10.1. The largest absolute Gasteiger partial charge is 0.489 e. The van der Waals surface area contributed by atoms with Crippen LogP contribution in [0.5, 0.6) is 5.75 Å². The predicted molar refractivity (Wildman–Crippen MR) is 122 cm³/mol. The Bertz CT molecular complexity index is 1320. The first-order chi connectivity index (χ1) is 15.7. The summed E-state index contributed by atoms with van der Waals surface area (Å²) < 4.78 is 7.43. The zero-order valence-corrected chi connectivity index (χ0v) is 17.8. The molecule has 0 aliphatic carbocycles. The lowest BCUT2D eigenvalue weighted by molar-refractivity contribution is 0.0950. The van der Waals surface area contributed by atoms with Crippen LogP contribution < -0.4 is 10.1 Å². The number of hydrogen-bond acceptors (Lipinski definition) is 6. The molecule has 3 aromatic carbocycles. The molecule has 0 aliphatic rings. The highest BCUT2D eigenvalue weighted by Crippen LogP contribution is 2.24. The van der Waals surface area contributed by atoms with Crippen molar-refractivity contribution in [3.05, 3.63) is 102 Å². The molecule has 32 heavy (non-hydrogen) atoms. The molecule has 0 bridgehead atoms. The Labute approximate surface area is 188 Å². The summed E-state index contributed by atoms with van der Waals surface area (Å²) in [6, 6.07) is 25.1. The molecule has 0 saturated heterocycles. The number of fused-ring (bicyclic) bond motifs is 1. The molecule has 8 heteroatoms. The van der Waals surface area contributed by atoms with Crippen molar-refractivity contribution >= 4 is 22.2 Å². The molecule has 1 N–H and O–H groups in total. The van der Waals surface area contributed by atoms with Gasteiger partial charge in [0.05, 0.1) is 0 Å². The molecule has 0 radical (unpaired) electrons. The fourth-order valence-electron chi connectivity index (χ4n) is 3.21. The predicted octanol–water partition coefficient (Wildman–Crippen LogP) is 4.36. The summed E-state index contributed by atoms with van der Waals surface area (Å²) >= 11 is 1.48. The lowest BCUT2D eigenvalue weighted by Crippen LogP contribution is -2.22. The summed E-state index contributed by atoms with van der Waals surface area (Å²) in [5, 5.41) is 16.1. The van der Waals surface area contributed by atoms with Gasteiger partial charge in [-0.3, -0.25) is 4.79 Å². The van der Waals surface area contributed by atoms with Crippen LogP contribution in [-0.2, 0) is 13.2 Å². The molecule has 2 heterocycles. The van der Waals surface area contributed by atoms with E-state index in [0.29, 0.717) is 18.7 Å². The summed E-state index contributed by atoms with van der Waals surface area (Å²) in [6.45, 7) is 0.846. The van der Waals surface area contributed by atoms with Gasteiger partial charge in [-0.25, -0.2) is 0 Å². The molecule has 2 aromatic heterocycles. The monoisotopic (exact) mass is 441 g/mol. The number of para-hydroxylation sites is 1. The van der Waals surface area contributed by atoms with E-state index in [2.05, 4.69) is 20.6 Å². The molecule has 0 saturated carbocycles. The third-order valence-corrected chi connectivity index (χ3v) is 5.84. The van der Waals surface area contributed by atoms with Crippen LogP contribution in [0.3, 0.4) is 0 Å².